The standard InChI is InChI=1S/C31H39N5O5/c1-16(2)26-28(38)35-11-7-10-24(35)31(40)36(26)29(39)30(41-31,17(3)4)33-27(37)19-12-21-20-8-6-9-22-25(20)18(14-32-22)13-23(21)34(5)15-19/h6,8-9,12,14,16-17,19,23-24,26,32,40H,7,10-11,13,15H2,1-5H3,(H,33,37)/p+1/t19-,23+,24-,26+,30-,31+/m0/s1. The molecule has 2 aromatic rings. The van der Waals surface area contributed by atoms with E-state index in [1.807, 2.05) is 19.9 Å². The fraction of sp³-hybridized carbons (Fsp3) is 0.581. The summed E-state index contributed by atoms with van der Waals surface area (Å²) < 4.78 is 6.41. The van der Waals surface area contributed by atoms with Crippen LogP contribution in [0, 0.1) is 17.8 Å². The lowest BCUT2D eigenvalue weighted by molar-refractivity contribution is -0.900. The van der Waals surface area contributed by atoms with Gasteiger partial charge in [-0.3, -0.25) is 24.0 Å². The smallest absolute Gasteiger partial charge is 0.281 e. The molecule has 1 aromatic carbocycles. The van der Waals surface area contributed by atoms with E-state index < -0.39 is 41.5 Å². The maximum Gasteiger partial charge on any atom is 0.281 e. The van der Waals surface area contributed by atoms with Crippen molar-refractivity contribution in [2.75, 3.05) is 20.1 Å². The number of carbonyl (C=O) groups excluding carboxylic acids is 3. The topological polar surface area (TPSA) is 119 Å². The number of hydrogen-bond donors (Lipinski definition) is 4. The molecule has 3 fully saturated rings. The highest BCUT2D eigenvalue weighted by Crippen LogP contribution is 2.48. The van der Waals surface area contributed by atoms with Crippen LogP contribution in [0.3, 0.4) is 0 Å². The highest BCUT2D eigenvalue weighted by Gasteiger charge is 2.72. The first-order valence-corrected chi connectivity index (χ1v) is 15.0. The number of aliphatic hydroxyl groups is 1. The lowest BCUT2D eigenvalue weighted by atomic mass is 9.79. The van der Waals surface area contributed by atoms with Gasteiger partial charge in [0.05, 0.1) is 13.6 Å². The third-order valence-corrected chi connectivity index (χ3v) is 10.2. The number of rotatable bonds is 4. The molecule has 4 aliphatic heterocycles. The number of likely N-dealkylation sites (N-methyl/N-ethyl adjacent to an activating group) is 1. The maximum atomic E-state index is 14.3. The lowest BCUT2D eigenvalue weighted by Gasteiger charge is -2.49. The summed E-state index contributed by atoms with van der Waals surface area (Å²) in [6.45, 7) is 8.43. The minimum absolute atomic E-state index is 0.168. The molecule has 218 valence electrons. The molecule has 0 spiro atoms. The van der Waals surface area contributed by atoms with Gasteiger partial charge in [0.1, 0.15) is 24.0 Å². The third kappa shape index (κ3) is 3.50. The third-order valence-electron chi connectivity index (χ3n) is 10.2. The summed E-state index contributed by atoms with van der Waals surface area (Å²) in [6.07, 6.45) is 6.29. The number of carbonyl (C=O) groups is 3. The summed E-state index contributed by atoms with van der Waals surface area (Å²) in [7, 11) is 2.11. The summed E-state index contributed by atoms with van der Waals surface area (Å²) >= 11 is 0. The Bertz CT molecular complexity index is 1500. The fourth-order valence-corrected chi connectivity index (χ4v) is 8.11. The molecule has 7 rings (SSSR count). The molecule has 1 unspecified atom stereocenters. The molecular weight excluding hydrogens is 522 g/mol. The number of hydrogen-bond acceptors (Lipinski definition) is 5. The number of aromatic nitrogens is 1. The zero-order valence-electron chi connectivity index (χ0n) is 24.4. The lowest BCUT2D eigenvalue weighted by Crippen LogP contribution is -3.15. The monoisotopic (exact) mass is 562 g/mol. The first kappa shape index (κ1) is 26.7. The van der Waals surface area contributed by atoms with E-state index in [1.54, 1.807) is 18.7 Å². The van der Waals surface area contributed by atoms with E-state index in [1.165, 1.54) is 20.7 Å². The van der Waals surface area contributed by atoms with Crippen LogP contribution in [0.25, 0.3) is 16.5 Å². The number of nitrogens with zero attached hydrogens (tertiary/aromatic N) is 2. The first-order chi connectivity index (χ1) is 19.5. The van der Waals surface area contributed by atoms with Gasteiger partial charge in [-0.1, -0.05) is 45.9 Å². The van der Waals surface area contributed by atoms with E-state index in [-0.39, 0.29) is 23.8 Å². The highest BCUT2D eigenvalue weighted by atomic mass is 16.7. The van der Waals surface area contributed by atoms with Crippen molar-refractivity contribution < 1.29 is 29.1 Å². The summed E-state index contributed by atoms with van der Waals surface area (Å²) in [4.78, 5) is 49.5. The molecule has 5 aliphatic rings. The van der Waals surface area contributed by atoms with Crippen LogP contribution in [0.1, 0.15) is 51.7 Å². The van der Waals surface area contributed by atoms with Crippen LogP contribution in [0.5, 0.6) is 0 Å². The predicted molar refractivity (Wildman–Crippen MR) is 151 cm³/mol. The molecule has 0 bridgehead atoms. The Morgan fingerprint density at radius 2 is 2.02 bits per heavy atom. The molecule has 41 heavy (non-hydrogen) atoms. The Balaban J connectivity index is 1.25. The van der Waals surface area contributed by atoms with Crippen molar-refractivity contribution in [2.45, 2.75) is 76.7 Å². The molecule has 0 radical (unpaired) electrons. The van der Waals surface area contributed by atoms with Gasteiger partial charge in [-0.15, -0.1) is 0 Å². The maximum absolute atomic E-state index is 14.3. The summed E-state index contributed by atoms with van der Waals surface area (Å²) in [5.74, 6) is -4.28. The number of benzene rings is 1. The van der Waals surface area contributed by atoms with Crippen LogP contribution in [0.4, 0.5) is 0 Å². The molecule has 10 heteroatoms. The first-order valence-electron chi connectivity index (χ1n) is 15.0. The molecule has 1 aromatic heterocycles. The van der Waals surface area contributed by atoms with Crippen LogP contribution in [-0.4, -0.2) is 87.5 Å². The number of aromatic amines is 1. The largest absolute Gasteiger partial charge is 0.361 e. The molecule has 10 nitrogen and oxygen atoms in total. The molecular formula is C31H40N5O5+. The second-order valence-electron chi connectivity index (χ2n) is 13.3. The van der Waals surface area contributed by atoms with Crippen molar-refractivity contribution in [2.24, 2.45) is 17.8 Å². The zero-order chi connectivity index (χ0) is 29.0. The Morgan fingerprint density at radius 3 is 2.76 bits per heavy atom. The van der Waals surface area contributed by atoms with Gasteiger partial charge in [0.2, 0.25) is 17.5 Å². The highest BCUT2D eigenvalue weighted by molar-refractivity contribution is 6.00. The van der Waals surface area contributed by atoms with Crippen LogP contribution in [0.2, 0.25) is 0 Å². The van der Waals surface area contributed by atoms with E-state index in [0.29, 0.717) is 19.5 Å². The molecule has 4 N–H and O–H groups in total. The Hall–Kier alpha value is -3.21. The predicted octanol–water partition coefficient (Wildman–Crippen LogP) is 0.623. The van der Waals surface area contributed by atoms with Crippen LogP contribution in [-0.2, 0) is 25.5 Å². The van der Waals surface area contributed by atoms with Gasteiger partial charge in [0, 0.05) is 41.6 Å². The minimum atomic E-state index is -2.00. The number of H-pyrrole nitrogens is 1. The molecule has 0 saturated carbocycles. The molecule has 7 atom stereocenters. The number of nitrogens with one attached hydrogen (secondary N) is 3. The number of ether oxygens (including phenoxy) is 1. The quantitative estimate of drug-likeness (QED) is 0.436. The molecule has 1 aliphatic carbocycles. The number of amides is 3. The van der Waals surface area contributed by atoms with E-state index in [4.69, 9.17) is 4.74 Å². The Kier molecular flexibility index (Phi) is 5.79. The number of fused-ring (bicyclic) bond motifs is 5. The Morgan fingerprint density at radius 1 is 1.24 bits per heavy atom. The van der Waals surface area contributed by atoms with Gasteiger partial charge in [-0.05, 0) is 36.0 Å². The van der Waals surface area contributed by atoms with E-state index >= 15 is 0 Å². The van der Waals surface area contributed by atoms with Crippen molar-refractivity contribution in [3.63, 3.8) is 0 Å². The van der Waals surface area contributed by atoms with Gasteiger partial charge < -0.3 is 25.2 Å². The van der Waals surface area contributed by atoms with E-state index in [0.717, 1.165) is 29.5 Å². The van der Waals surface area contributed by atoms with Crippen LogP contribution in [0.15, 0.2) is 30.5 Å². The van der Waals surface area contributed by atoms with Gasteiger partial charge in [0.15, 0.2) is 0 Å². The molecule has 3 saturated heterocycles. The van der Waals surface area contributed by atoms with Crippen LogP contribution >= 0.6 is 0 Å². The molecule has 3 amide bonds. The van der Waals surface area contributed by atoms with Gasteiger partial charge in [-0.2, -0.15) is 0 Å². The Labute approximate surface area is 239 Å². The number of piperazine rings is 1. The average molecular weight is 563 g/mol. The van der Waals surface area contributed by atoms with Crippen molar-refractivity contribution in [3.05, 3.63) is 41.6 Å². The SMILES string of the molecule is CC(C)[C@@H]1C(=O)N2CCC[C@H]2[C@@]2(O)O[C@@](NC(=O)[C@H]3C=C4c5cccc6[nH]cc(c56)C[C@H]4[NH+](C)C3)(C(C)C)C(=O)N12. The van der Waals surface area contributed by atoms with Gasteiger partial charge in [0.25, 0.3) is 11.8 Å². The van der Waals surface area contributed by atoms with Crippen molar-refractivity contribution in [3.8, 4) is 0 Å². The second-order valence-corrected chi connectivity index (χ2v) is 13.3. The van der Waals surface area contributed by atoms with Gasteiger partial charge in [-0.25, -0.2) is 0 Å². The van der Waals surface area contributed by atoms with Crippen LogP contribution < -0.4 is 10.2 Å². The van der Waals surface area contributed by atoms with Crippen molar-refractivity contribution in [1.82, 2.24) is 20.1 Å². The van der Waals surface area contributed by atoms with Crippen molar-refractivity contribution >= 4 is 34.2 Å². The van der Waals surface area contributed by atoms with Crippen molar-refractivity contribution in [1.29, 1.82) is 0 Å². The average Bonchev–Trinajstić information content (AvgIpc) is 3.64. The number of quaternary nitrogens is 1. The summed E-state index contributed by atoms with van der Waals surface area (Å²) in [6, 6.07) is 4.92. The zero-order valence-corrected chi connectivity index (χ0v) is 24.4. The summed E-state index contributed by atoms with van der Waals surface area (Å²) in [5, 5.41) is 16.3. The van der Waals surface area contributed by atoms with E-state index in [2.05, 4.69) is 41.8 Å². The second kappa shape index (κ2) is 8.89. The van der Waals surface area contributed by atoms with E-state index in [9.17, 15) is 19.5 Å². The fourth-order valence-electron chi connectivity index (χ4n) is 8.11. The normalized spacial score (nSPS) is 36.1. The summed E-state index contributed by atoms with van der Waals surface area (Å²) in [5.41, 5.74) is 2.88. The van der Waals surface area contributed by atoms with Gasteiger partial charge >= 0.3 is 0 Å². The molecule has 5 heterocycles. The minimum Gasteiger partial charge on any atom is -0.361 e.